The SMILES string of the molecule is CC(C)c1cccc(C(C)C)c1N1C=Nc2c(n(C)c[n+]2-c2ccccc2)[CH-]1. The molecule has 0 bridgehead atoms. The fraction of sp³-hybridized carbons (Fsp3) is 0.292. The summed E-state index contributed by atoms with van der Waals surface area (Å²) in [5.41, 5.74) is 6.17. The van der Waals surface area contributed by atoms with Crippen LogP contribution in [0.15, 0.2) is 59.9 Å². The molecule has 28 heavy (non-hydrogen) atoms. The molecule has 0 radical (unpaired) electrons. The minimum atomic E-state index is 0.444. The zero-order valence-corrected chi connectivity index (χ0v) is 17.3. The predicted octanol–water partition coefficient (Wildman–Crippen LogP) is 5.24. The Bertz CT molecular complexity index is 986. The molecule has 144 valence electrons. The molecule has 4 nitrogen and oxygen atoms in total. The van der Waals surface area contributed by atoms with Gasteiger partial charge in [0.25, 0.3) is 0 Å². The molecule has 0 aliphatic carbocycles. The Kier molecular flexibility index (Phi) is 4.71. The molecule has 0 saturated heterocycles. The third-order valence-electron chi connectivity index (χ3n) is 5.33. The van der Waals surface area contributed by atoms with Gasteiger partial charge >= 0.3 is 0 Å². The molecule has 2 heterocycles. The van der Waals surface area contributed by atoms with Gasteiger partial charge in [-0.05, 0) is 35.1 Å². The van der Waals surface area contributed by atoms with Crippen LogP contribution < -0.4 is 9.47 Å². The number of aryl methyl sites for hydroxylation is 1. The van der Waals surface area contributed by atoms with Gasteiger partial charge in [0.15, 0.2) is 12.1 Å². The van der Waals surface area contributed by atoms with Crippen LogP contribution in [0.4, 0.5) is 11.5 Å². The second kappa shape index (κ2) is 7.19. The summed E-state index contributed by atoms with van der Waals surface area (Å²) in [6.45, 7) is 11.2. The number of hydrogen-bond acceptors (Lipinski definition) is 2. The van der Waals surface area contributed by atoms with E-state index in [9.17, 15) is 0 Å². The summed E-state index contributed by atoms with van der Waals surface area (Å²) in [6, 6.07) is 17.0. The second-order valence-electron chi connectivity index (χ2n) is 8.02. The highest BCUT2D eigenvalue weighted by atomic mass is 15.3. The molecular weight excluding hydrogens is 344 g/mol. The average molecular weight is 373 g/mol. The number of fused-ring (bicyclic) bond motifs is 1. The second-order valence-corrected chi connectivity index (χ2v) is 8.02. The first-order valence-electron chi connectivity index (χ1n) is 9.94. The molecule has 4 rings (SSSR count). The van der Waals surface area contributed by atoms with Gasteiger partial charge in [-0.25, -0.2) is 0 Å². The fourth-order valence-corrected chi connectivity index (χ4v) is 3.84. The molecule has 0 N–H and O–H groups in total. The smallest absolute Gasteiger partial charge is 0.176 e. The van der Waals surface area contributed by atoms with Crippen molar-refractivity contribution in [2.45, 2.75) is 39.5 Å². The van der Waals surface area contributed by atoms with Gasteiger partial charge in [-0.1, -0.05) is 70.6 Å². The summed E-state index contributed by atoms with van der Waals surface area (Å²) in [5.74, 6) is 1.84. The first-order valence-corrected chi connectivity index (χ1v) is 9.94. The summed E-state index contributed by atoms with van der Waals surface area (Å²) in [6.07, 6.45) is 4.05. The van der Waals surface area contributed by atoms with E-state index in [4.69, 9.17) is 4.99 Å². The largest absolute Gasteiger partial charge is 0.373 e. The number of imidazole rings is 1. The Labute approximate surface area is 167 Å². The maximum absolute atomic E-state index is 4.86. The molecule has 0 amide bonds. The van der Waals surface area contributed by atoms with E-state index in [2.05, 4.69) is 104 Å². The van der Waals surface area contributed by atoms with Crippen molar-refractivity contribution >= 4 is 17.8 Å². The van der Waals surface area contributed by atoms with E-state index in [0.29, 0.717) is 11.8 Å². The van der Waals surface area contributed by atoms with Crippen LogP contribution in [0.1, 0.15) is 56.4 Å². The van der Waals surface area contributed by atoms with Crippen LogP contribution >= 0.6 is 0 Å². The minimum absolute atomic E-state index is 0.444. The van der Waals surface area contributed by atoms with Crippen molar-refractivity contribution in [3.63, 3.8) is 0 Å². The number of aromatic nitrogens is 2. The van der Waals surface area contributed by atoms with E-state index in [0.717, 1.165) is 17.2 Å². The van der Waals surface area contributed by atoms with Crippen LogP contribution in [0.25, 0.3) is 5.69 Å². The molecule has 0 fully saturated rings. The average Bonchev–Trinajstić information content (AvgIpc) is 3.04. The van der Waals surface area contributed by atoms with Gasteiger partial charge in [0.05, 0.1) is 12.7 Å². The lowest BCUT2D eigenvalue weighted by molar-refractivity contribution is -0.581. The summed E-state index contributed by atoms with van der Waals surface area (Å²) in [7, 11) is 2.07. The van der Waals surface area contributed by atoms with E-state index < -0.39 is 0 Å². The lowest BCUT2D eigenvalue weighted by Crippen LogP contribution is -2.31. The van der Waals surface area contributed by atoms with Crippen molar-refractivity contribution in [2.75, 3.05) is 4.90 Å². The monoisotopic (exact) mass is 372 g/mol. The Balaban J connectivity index is 1.80. The van der Waals surface area contributed by atoms with Gasteiger partial charge in [-0.15, -0.1) is 0 Å². The maximum Gasteiger partial charge on any atom is 0.176 e. The zero-order chi connectivity index (χ0) is 19.8. The van der Waals surface area contributed by atoms with E-state index >= 15 is 0 Å². The molecule has 1 aliphatic rings. The Morgan fingerprint density at radius 2 is 1.54 bits per heavy atom. The van der Waals surface area contributed by atoms with Crippen LogP contribution in [-0.4, -0.2) is 10.9 Å². The Morgan fingerprint density at radius 3 is 2.14 bits per heavy atom. The molecule has 3 aromatic rings. The number of nitrogens with zero attached hydrogens (tertiary/aromatic N) is 4. The molecule has 1 aromatic heterocycles. The van der Waals surface area contributed by atoms with Crippen LogP contribution in [0.3, 0.4) is 0 Å². The van der Waals surface area contributed by atoms with E-state index in [-0.39, 0.29) is 0 Å². The van der Waals surface area contributed by atoms with E-state index in [1.807, 2.05) is 12.4 Å². The first-order chi connectivity index (χ1) is 13.5. The van der Waals surface area contributed by atoms with Crippen LogP contribution in [-0.2, 0) is 7.05 Å². The van der Waals surface area contributed by atoms with Gasteiger partial charge < -0.3 is 4.90 Å². The molecule has 1 aliphatic heterocycles. The lowest BCUT2D eigenvalue weighted by atomic mass is 9.92. The minimum Gasteiger partial charge on any atom is -0.373 e. The van der Waals surface area contributed by atoms with Gasteiger partial charge in [0.1, 0.15) is 6.34 Å². The van der Waals surface area contributed by atoms with Gasteiger partial charge in [-0.3, -0.25) is 9.13 Å². The van der Waals surface area contributed by atoms with Gasteiger partial charge in [0.2, 0.25) is 0 Å². The number of anilines is 1. The molecule has 0 atom stereocenters. The van der Waals surface area contributed by atoms with Crippen molar-refractivity contribution in [3.8, 4) is 5.69 Å². The van der Waals surface area contributed by atoms with E-state index in [1.165, 1.54) is 16.8 Å². The predicted molar refractivity (Wildman–Crippen MR) is 116 cm³/mol. The zero-order valence-electron chi connectivity index (χ0n) is 17.3. The van der Waals surface area contributed by atoms with Crippen molar-refractivity contribution in [3.05, 3.63) is 78.2 Å². The van der Waals surface area contributed by atoms with Crippen molar-refractivity contribution in [1.29, 1.82) is 0 Å². The number of benzene rings is 2. The highest BCUT2D eigenvalue weighted by molar-refractivity contribution is 5.88. The highest BCUT2D eigenvalue weighted by Gasteiger charge is 2.23. The lowest BCUT2D eigenvalue weighted by Gasteiger charge is -2.33. The first kappa shape index (κ1) is 18.4. The molecule has 0 saturated carbocycles. The Morgan fingerprint density at radius 1 is 0.893 bits per heavy atom. The van der Waals surface area contributed by atoms with Crippen LogP contribution in [0, 0.1) is 6.54 Å². The molecule has 2 aromatic carbocycles. The third kappa shape index (κ3) is 3.09. The van der Waals surface area contributed by atoms with E-state index in [1.54, 1.807) is 0 Å². The number of hydrogen-bond donors (Lipinski definition) is 0. The summed E-state index contributed by atoms with van der Waals surface area (Å²) >= 11 is 0. The molecular formula is C24H28N4. The van der Waals surface area contributed by atoms with Gasteiger partial charge in [0, 0.05) is 11.4 Å². The number of rotatable bonds is 4. The maximum atomic E-state index is 4.86. The normalized spacial score (nSPS) is 13.2. The van der Waals surface area contributed by atoms with Crippen LogP contribution in [0.5, 0.6) is 0 Å². The van der Waals surface area contributed by atoms with Crippen molar-refractivity contribution in [1.82, 2.24) is 4.57 Å². The topological polar surface area (TPSA) is 24.4 Å². The quantitative estimate of drug-likeness (QED) is 0.454. The number of aliphatic imine (C=N–C) groups is 1. The van der Waals surface area contributed by atoms with Crippen molar-refractivity contribution in [2.24, 2.45) is 12.0 Å². The van der Waals surface area contributed by atoms with Crippen LogP contribution in [0.2, 0.25) is 0 Å². The Hall–Kier alpha value is -3.01. The summed E-state index contributed by atoms with van der Waals surface area (Å²) in [4.78, 5) is 7.06. The van der Waals surface area contributed by atoms with Crippen molar-refractivity contribution < 1.29 is 4.57 Å². The highest BCUT2D eigenvalue weighted by Crippen LogP contribution is 2.38. The van der Waals surface area contributed by atoms with Gasteiger partial charge in [-0.2, -0.15) is 4.99 Å². The molecule has 0 spiro atoms. The molecule has 4 heteroatoms. The summed E-state index contributed by atoms with van der Waals surface area (Å²) < 4.78 is 4.27. The third-order valence-corrected chi connectivity index (χ3v) is 5.33. The number of para-hydroxylation sites is 2. The summed E-state index contributed by atoms with van der Waals surface area (Å²) in [5, 5.41) is 0. The standard InChI is InChI=1S/C24H28N4/c1-17(2)20-12-9-13-21(18(3)4)23(20)27-14-22-24(25-15-27)28(16-26(22)5)19-10-7-6-8-11-19/h6-18H,1-5H3. The fourth-order valence-electron chi connectivity index (χ4n) is 3.84. The molecule has 0 unspecified atom stereocenters.